The maximum absolute atomic E-state index is 5.91. The van der Waals surface area contributed by atoms with Gasteiger partial charge in [-0.2, -0.15) is 0 Å². The van der Waals surface area contributed by atoms with Gasteiger partial charge in [0.05, 0.1) is 0 Å². The molecule has 144 valence electrons. The maximum atomic E-state index is 5.91. The summed E-state index contributed by atoms with van der Waals surface area (Å²) in [6.45, 7) is 0. The van der Waals surface area contributed by atoms with Gasteiger partial charge in [0, 0.05) is 7.14 Å². The lowest BCUT2D eigenvalue weighted by Gasteiger charge is -2.10. The predicted octanol–water partition coefficient (Wildman–Crippen LogP) is 8.27. The average Bonchev–Trinajstić information content (AvgIpc) is 2.71. The van der Waals surface area contributed by atoms with Gasteiger partial charge < -0.3 is 14.2 Å². The summed E-state index contributed by atoms with van der Waals surface area (Å²) in [5, 5.41) is 0. The van der Waals surface area contributed by atoms with E-state index in [1.165, 1.54) is 0 Å². The smallest absolute Gasteiger partial charge is 0.128 e. The Bertz CT molecular complexity index is 1000. The van der Waals surface area contributed by atoms with Gasteiger partial charge in [0.1, 0.15) is 34.5 Å². The van der Waals surface area contributed by atoms with Crippen molar-refractivity contribution in [2.24, 2.45) is 0 Å². The molecule has 4 aromatic carbocycles. The van der Waals surface area contributed by atoms with Gasteiger partial charge in [0.15, 0.2) is 0 Å². The van der Waals surface area contributed by atoms with Crippen molar-refractivity contribution in [1.82, 2.24) is 0 Å². The van der Waals surface area contributed by atoms with Crippen LogP contribution in [0.3, 0.4) is 0 Å². The molecule has 0 aliphatic heterocycles. The normalized spacial score (nSPS) is 10.4. The van der Waals surface area contributed by atoms with Gasteiger partial charge in [-0.15, -0.1) is 0 Å². The Balaban J connectivity index is 1.37. The highest BCUT2D eigenvalue weighted by Gasteiger charge is 2.03. The number of hydrogen-bond donors (Lipinski definition) is 0. The lowest BCUT2D eigenvalue weighted by atomic mass is 10.3. The van der Waals surface area contributed by atoms with Gasteiger partial charge in [0.2, 0.25) is 0 Å². The Morgan fingerprint density at radius 3 is 1.00 bits per heavy atom. The lowest BCUT2D eigenvalue weighted by molar-refractivity contribution is 0.464. The molecule has 4 rings (SSSR count). The molecular formula is C24H16I2O3. The number of halogens is 2. The standard InChI is InChI=1S/C24H16I2O3/c25-17-3-1-5-23(15-17)28-21-11-7-19(8-12-21)27-20-9-13-22(14-10-20)29-24-6-2-4-18(26)16-24/h1-16H. The van der Waals surface area contributed by atoms with E-state index in [0.29, 0.717) is 0 Å². The molecular weight excluding hydrogens is 590 g/mol. The van der Waals surface area contributed by atoms with Crippen molar-refractivity contribution < 1.29 is 14.2 Å². The van der Waals surface area contributed by atoms with Crippen LogP contribution in [0.25, 0.3) is 0 Å². The van der Waals surface area contributed by atoms with Crippen molar-refractivity contribution in [3.63, 3.8) is 0 Å². The van der Waals surface area contributed by atoms with E-state index in [1.807, 2.05) is 97.1 Å². The van der Waals surface area contributed by atoms with E-state index in [-0.39, 0.29) is 0 Å². The van der Waals surface area contributed by atoms with Crippen LogP contribution in [0.2, 0.25) is 0 Å². The Kier molecular flexibility index (Phi) is 6.56. The summed E-state index contributed by atoms with van der Waals surface area (Å²) in [4.78, 5) is 0. The van der Waals surface area contributed by atoms with E-state index in [2.05, 4.69) is 45.2 Å². The fourth-order valence-corrected chi connectivity index (χ4v) is 3.65. The summed E-state index contributed by atoms with van der Waals surface area (Å²) in [5.74, 6) is 4.64. The second-order valence-corrected chi connectivity index (χ2v) is 8.66. The van der Waals surface area contributed by atoms with E-state index >= 15 is 0 Å². The zero-order valence-electron chi connectivity index (χ0n) is 15.2. The summed E-state index contributed by atoms with van der Waals surface area (Å²) in [5.41, 5.74) is 0. The van der Waals surface area contributed by atoms with E-state index in [0.717, 1.165) is 41.6 Å². The highest BCUT2D eigenvalue weighted by molar-refractivity contribution is 14.1. The average molecular weight is 606 g/mol. The molecule has 3 nitrogen and oxygen atoms in total. The maximum Gasteiger partial charge on any atom is 0.128 e. The molecule has 0 heterocycles. The first-order valence-corrected chi connectivity index (χ1v) is 11.0. The summed E-state index contributed by atoms with van der Waals surface area (Å²) in [7, 11) is 0. The van der Waals surface area contributed by atoms with Crippen LogP contribution in [-0.4, -0.2) is 0 Å². The molecule has 0 atom stereocenters. The molecule has 0 aromatic heterocycles. The number of hydrogen-bond acceptors (Lipinski definition) is 3. The quantitative estimate of drug-likeness (QED) is 0.207. The van der Waals surface area contributed by atoms with Gasteiger partial charge in [-0.05, 0) is 130 Å². The van der Waals surface area contributed by atoms with Crippen molar-refractivity contribution in [3.05, 3.63) is 104 Å². The molecule has 29 heavy (non-hydrogen) atoms. The van der Waals surface area contributed by atoms with Crippen molar-refractivity contribution >= 4 is 45.2 Å². The van der Waals surface area contributed by atoms with E-state index < -0.39 is 0 Å². The second kappa shape index (κ2) is 9.49. The third-order valence-corrected chi connectivity index (χ3v) is 5.29. The SMILES string of the molecule is Ic1cccc(Oc2ccc(Oc3ccc(Oc4cccc(I)c4)cc3)cc2)c1. The largest absolute Gasteiger partial charge is 0.457 e. The minimum absolute atomic E-state index is 0.742. The van der Waals surface area contributed by atoms with Crippen LogP contribution in [-0.2, 0) is 0 Å². The van der Waals surface area contributed by atoms with Gasteiger partial charge in [0.25, 0.3) is 0 Å². The summed E-state index contributed by atoms with van der Waals surface area (Å²) in [6, 6.07) is 31.0. The molecule has 0 bridgehead atoms. The fraction of sp³-hybridized carbons (Fsp3) is 0. The number of benzene rings is 4. The van der Waals surface area contributed by atoms with Gasteiger partial charge in [-0.25, -0.2) is 0 Å². The molecule has 0 spiro atoms. The van der Waals surface area contributed by atoms with Crippen LogP contribution in [0, 0.1) is 7.14 Å². The summed E-state index contributed by atoms with van der Waals surface area (Å²) in [6.07, 6.45) is 0. The molecule has 0 saturated carbocycles. The highest BCUT2D eigenvalue weighted by atomic mass is 127. The van der Waals surface area contributed by atoms with Gasteiger partial charge in [-0.3, -0.25) is 0 Å². The monoisotopic (exact) mass is 606 g/mol. The first-order chi connectivity index (χ1) is 14.1. The molecule has 4 aromatic rings. The van der Waals surface area contributed by atoms with Crippen LogP contribution >= 0.6 is 45.2 Å². The number of rotatable bonds is 6. The predicted molar refractivity (Wildman–Crippen MR) is 131 cm³/mol. The molecule has 0 aliphatic rings. The van der Waals surface area contributed by atoms with Crippen LogP contribution in [0.4, 0.5) is 0 Å². The van der Waals surface area contributed by atoms with Crippen LogP contribution < -0.4 is 14.2 Å². The number of ether oxygens (including phenoxy) is 3. The van der Waals surface area contributed by atoms with Gasteiger partial charge >= 0.3 is 0 Å². The van der Waals surface area contributed by atoms with Crippen molar-refractivity contribution in [2.45, 2.75) is 0 Å². The van der Waals surface area contributed by atoms with Crippen molar-refractivity contribution in [1.29, 1.82) is 0 Å². The van der Waals surface area contributed by atoms with Crippen molar-refractivity contribution in [3.8, 4) is 34.5 Å². The van der Waals surface area contributed by atoms with Crippen LogP contribution in [0.5, 0.6) is 34.5 Å². The minimum Gasteiger partial charge on any atom is -0.457 e. The topological polar surface area (TPSA) is 27.7 Å². The molecule has 0 amide bonds. The molecule has 0 saturated heterocycles. The third-order valence-electron chi connectivity index (χ3n) is 3.95. The van der Waals surface area contributed by atoms with Gasteiger partial charge in [-0.1, -0.05) is 12.1 Å². The lowest BCUT2D eigenvalue weighted by Crippen LogP contribution is -1.88. The second-order valence-electron chi connectivity index (χ2n) is 6.16. The minimum atomic E-state index is 0.742. The molecule has 0 unspecified atom stereocenters. The van der Waals surface area contributed by atoms with Crippen molar-refractivity contribution in [2.75, 3.05) is 0 Å². The Hall–Kier alpha value is -2.26. The highest BCUT2D eigenvalue weighted by Crippen LogP contribution is 2.29. The van der Waals surface area contributed by atoms with Crippen LogP contribution in [0.15, 0.2) is 97.1 Å². The van der Waals surface area contributed by atoms with E-state index in [4.69, 9.17) is 14.2 Å². The Morgan fingerprint density at radius 1 is 0.379 bits per heavy atom. The molecule has 5 heteroatoms. The Labute approximate surface area is 196 Å². The van der Waals surface area contributed by atoms with E-state index in [9.17, 15) is 0 Å². The Morgan fingerprint density at radius 2 is 0.690 bits per heavy atom. The third kappa shape index (κ3) is 5.86. The summed E-state index contributed by atoms with van der Waals surface area (Å²) >= 11 is 4.53. The summed E-state index contributed by atoms with van der Waals surface area (Å²) < 4.78 is 19.9. The zero-order valence-corrected chi connectivity index (χ0v) is 19.5. The zero-order chi connectivity index (χ0) is 20.1. The van der Waals surface area contributed by atoms with Crippen LogP contribution in [0.1, 0.15) is 0 Å². The first-order valence-electron chi connectivity index (χ1n) is 8.89. The molecule has 0 fully saturated rings. The first kappa shape index (κ1) is 20.0. The molecule has 0 radical (unpaired) electrons. The molecule has 0 aliphatic carbocycles. The molecule has 0 N–H and O–H groups in total. The fourth-order valence-electron chi connectivity index (χ4n) is 2.62. The van der Waals surface area contributed by atoms with E-state index in [1.54, 1.807) is 0 Å².